The van der Waals surface area contributed by atoms with Gasteiger partial charge < -0.3 is 4.57 Å². The van der Waals surface area contributed by atoms with E-state index in [1.165, 1.54) is 23.1 Å². The predicted octanol–water partition coefficient (Wildman–Crippen LogP) is 1.44. The number of nitrogens with one attached hydrogen (secondary N) is 1. The molecule has 0 saturated heterocycles. The number of rotatable bonds is 5. The fourth-order valence-corrected chi connectivity index (χ4v) is 2.51. The number of anilines is 1. The van der Waals surface area contributed by atoms with Gasteiger partial charge >= 0.3 is 0 Å². The molecule has 7 nitrogen and oxygen atoms in total. The molecule has 9 heteroatoms. The van der Waals surface area contributed by atoms with E-state index in [1.807, 2.05) is 18.4 Å². The highest BCUT2D eigenvalue weighted by Gasteiger charge is 2.11. The first-order valence-corrected chi connectivity index (χ1v) is 7.11. The smallest absolute Gasteiger partial charge is 0.236 e. The van der Waals surface area contributed by atoms with Crippen LogP contribution in [0, 0.1) is 0 Å². The van der Waals surface area contributed by atoms with Crippen molar-refractivity contribution >= 4 is 34.1 Å². The molecule has 96 valence electrons. The minimum absolute atomic E-state index is 0.130. The highest BCUT2D eigenvalue weighted by Crippen LogP contribution is 2.19. The molecule has 2 rings (SSSR count). The average Bonchev–Trinajstić information content (AvgIpc) is 2.96. The van der Waals surface area contributed by atoms with Crippen LogP contribution >= 0.6 is 23.1 Å². The molecule has 1 N–H and O–H groups in total. The minimum atomic E-state index is -0.130. The van der Waals surface area contributed by atoms with Gasteiger partial charge in [0.25, 0.3) is 0 Å². The second kappa shape index (κ2) is 5.91. The van der Waals surface area contributed by atoms with E-state index in [0.29, 0.717) is 5.13 Å². The Labute approximate surface area is 112 Å². The van der Waals surface area contributed by atoms with Crippen LogP contribution in [0.15, 0.2) is 17.0 Å². The van der Waals surface area contributed by atoms with Gasteiger partial charge in [-0.15, -0.1) is 20.4 Å². The van der Waals surface area contributed by atoms with Crippen molar-refractivity contribution in [1.29, 1.82) is 0 Å². The molecule has 0 unspecified atom stereocenters. The number of aromatic nitrogens is 5. The molecular weight excluding hydrogens is 272 g/mol. The first kappa shape index (κ1) is 13.0. The van der Waals surface area contributed by atoms with Crippen LogP contribution in [0.25, 0.3) is 0 Å². The van der Waals surface area contributed by atoms with Crippen LogP contribution in [-0.2, 0) is 4.79 Å². The Morgan fingerprint density at radius 1 is 1.50 bits per heavy atom. The van der Waals surface area contributed by atoms with Gasteiger partial charge in [-0.1, -0.05) is 23.1 Å². The number of hydrogen-bond donors (Lipinski definition) is 1. The zero-order valence-electron chi connectivity index (χ0n) is 9.90. The Hall–Kier alpha value is -1.48. The molecule has 18 heavy (non-hydrogen) atoms. The van der Waals surface area contributed by atoms with E-state index < -0.39 is 0 Å². The fourth-order valence-electron chi connectivity index (χ4n) is 1.20. The Balaban J connectivity index is 1.87. The number of nitrogens with zero attached hydrogens (tertiary/aromatic N) is 5. The third kappa shape index (κ3) is 3.26. The van der Waals surface area contributed by atoms with E-state index in [1.54, 1.807) is 11.8 Å². The van der Waals surface area contributed by atoms with Crippen LogP contribution in [0.3, 0.4) is 0 Å². The van der Waals surface area contributed by atoms with Gasteiger partial charge in [0.2, 0.25) is 11.0 Å². The zero-order chi connectivity index (χ0) is 13.0. The van der Waals surface area contributed by atoms with E-state index in [-0.39, 0.29) is 17.7 Å². The van der Waals surface area contributed by atoms with Gasteiger partial charge in [-0.05, 0) is 13.8 Å². The summed E-state index contributed by atoms with van der Waals surface area (Å²) in [5.74, 6) is 0.139. The summed E-state index contributed by atoms with van der Waals surface area (Å²) in [6, 6.07) is 0.272. The average molecular weight is 284 g/mol. The molecule has 0 radical (unpaired) electrons. The number of thioether (sulfide) groups is 1. The summed E-state index contributed by atoms with van der Waals surface area (Å²) in [7, 11) is 0. The van der Waals surface area contributed by atoms with Crippen LogP contribution in [0.2, 0.25) is 0 Å². The van der Waals surface area contributed by atoms with Crippen molar-refractivity contribution < 1.29 is 4.79 Å². The molecule has 0 aromatic carbocycles. The summed E-state index contributed by atoms with van der Waals surface area (Å²) in [4.78, 5) is 11.6. The third-order valence-electron chi connectivity index (χ3n) is 2.04. The van der Waals surface area contributed by atoms with Crippen LogP contribution in [-0.4, -0.2) is 36.6 Å². The van der Waals surface area contributed by atoms with Gasteiger partial charge in [0, 0.05) is 6.04 Å². The van der Waals surface area contributed by atoms with Gasteiger partial charge in [0.05, 0.1) is 5.75 Å². The lowest BCUT2D eigenvalue weighted by molar-refractivity contribution is -0.113. The highest BCUT2D eigenvalue weighted by atomic mass is 32.2. The molecule has 0 aliphatic heterocycles. The molecule has 2 aromatic rings. The maximum absolute atomic E-state index is 11.6. The topological polar surface area (TPSA) is 85.6 Å². The summed E-state index contributed by atoms with van der Waals surface area (Å²) in [5.41, 5.74) is 1.57. The lowest BCUT2D eigenvalue weighted by atomic mass is 10.4. The maximum atomic E-state index is 11.6. The normalized spacial score (nSPS) is 10.8. The lowest BCUT2D eigenvalue weighted by Crippen LogP contribution is -2.14. The SMILES string of the molecule is CC(C)n1cnnc1SCC(=O)Nc1nncs1. The first-order valence-electron chi connectivity index (χ1n) is 5.25. The highest BCUT2D eigenvalue weighted by molar-refractivity contribution is 7.99. The molecule has 0 aliphatic rings. The molecular formula is C9H12N6OS2. The molecule has 0 fully saturated rings. The van der Waals surface area contributed by atoms with Crippen LogP contribution in [0.5, 0.6) is 0 Å². The Kier molecular flexibility index (Phi) is 4.26. The second-order valence-electron chi connectivity index (χ2n) is 3.70. The summed E-state index contributed by atoms with van der Waals surface area (Å²) in [6.07, 6.45) is 1.66. The summed E-state index contributed by atoms with van der Waals surface area (Å²) in [6.45, 7) is 4.07. The Morgan fingerprint density at radius 3 is 3.00 bits per heavy atom. The van der Waals surface area contributed by atoms with Gasteiger partial charge in [-0.3, -0.25) is 10.1 Å². The maximum Gasteiger partial charge on any atom is 0.236 e. The largest absolute Gasteiger partial charge is 0.306 e. The van der Waals surface area contributed by atoms with Gasteiger partial charge in [-0.25, -0.2) is 0 Å². The van der Waals surface area contributed by atoms with Gasteiger partial charge in [0.15, 0.2) is 5.16 Å². The van der Waals surface area contributed by atoms with Crippen molar-refractivity contribution in [2.24, 2.45) is 0 Å². The summed E-state index contributed by atoms with van der Waals surface area (Å²) in [5, 5.41) is 19.1. The van der Waals surface area contributed by atoms with Crippen molar-refractivity contribution in [3.63, 3.8) is 0 Å². The van der Waals surface area contributed by atoms with Crippen molar-refractivity contribution in [2.75, 3.05) is 11.1 Å². The molecule has 0 aliphatic carbocycles. The number of hydrogen-bond acceptors (Lipinski definition) is 7. The fraction of sp³-hybridized carbons (Fsp3) is 0.444. The summed E-state index contributed by atoms with van der Waals surface area (Å²) < 4.78 is 1.92. The Morgan fingerprint density at radius 2 is 2.33 bits per heavy atom. The van der Waals surface area contributed by atoms with Crippen molar-refractivity contribution in [1.82, 2.24) is 25.0 Å². The number of amides is 1. The second-order valence-corrected chi connectivity index (χ2v) is 5.47. The molecule has 1 amide bonds. The first-order chi connectivity index (χ1) is 8.66. The predicted molar refractivity (Wildman–Crippen MR) is 69.7 cm³/mol. The monoisotopic (exact) mass is 284 g/mol. The van der Waals surface area contributed by atoms with Crippen molar-refractivity contribution in [3.8, 4) is 0 Å². The van der Waals surface area contributed by atoms with Crippen molar-refractivity contribution in [3.05, 3.63) is 11.8 Å². The number of carbonyl (C=O) groups is 1. The molecule has 2 heterocycles. The van der Waals surface area contributed by atoms with Crippen LogP contribution in [0.1, 0.15) is 19.9 Å². The van der Waals surface area contributed by atoms with Gasteiger partial charge in [-0.2, -0.15) is 0 Å². The Bertz CT molecular complexity index is 509. The van der Waals surface area contributed by atoms with Crippen LogP contribution in [0.4, 0.5) is 5.13 Å². The van der Waals surface area contributed by atoms with Crippen molar-refractivity contribution in [2.45, 2.75) is 25.0 Å². The van der Waals surface area contributed by atoms with E-state index in [9.17, 15) is 4.79 Å². The lowest BCUT2D eigenvalue weighted by Gasteiger charge is -2.08. The molecule has 0 saturated carbocycles. The third-order valence-corrected chi connectivity index (χ3v) is 3.60. The zero-order valence-corrected chi connectivity index (χ0v) is 11.5. The summed E-state index contributed by atoms with van der Waals surface area (Å²) >= 11 is 2.63. The molecule has 0 atom stereocenters. The quantitative estimate of drug-likeness (QED) is 0.836. The molecule has 0 bridgehead atoms. The van der Waals surface area contributed by atoms with Gasteiger partial charge in [0.1, 0.15) is 11.8 Å². The number of carbonyl (C=O) groups excluding carboxylic acids is 1. The standard InChI is InChI=1S/C9H12N6OS2/c1-6(2)15-4-10-14-9(15)17-3-7(16)12-8-13-11-5-18-8/h4-6H,3H2,1-2H3,(H,12,13,16). The van der Waals surface area contributed by atoms with E-state index in [2.05, 4.69) is 25.7 Å². The van der Waals surface area contributed by atoms with E-state index in [4.69, 9.17) is 0 Å². The molecule has 0 spiro atoms. The van der Waals surface area contributed by atoms with Crippen LogP contribution < -0.4 is 5.32 Å². The van der Waals surface area contributed by atoms with E-state index >= 15 is 0 Å². The minimum Gasteiger partial charge on any atom is -0.306 e. The molecule has 2 aromatic heterocycles. The van der Waals surface area contributed by atoms with E-state index in [0.717, 1.165) is 5.16 Å².